The molecular formula is C19H26N2O2S. The van der Waals surface area contributed by atoms with Crippen LogP contribution in [0.2, 0.25) is 0 Å². The minimum absolute atomic E-state index is 0.343. The van der Waals surface area contributed by atoms with Crippen LogP contribution in [0.5, 0.6) is 0 Å². The molecule has 1 aliphatic rings. The SMILES string of the molecule is CC(c1ccc2ccccc2c1)N1CCCC(CNS(C)(=O)=O)C1. The summed E-state index contributed by atoms with van der Waals surface area (Å²) in [5.74, 6) is 0.386. The summed E-state index contributed by atoms with van der Waals surface area (Å²) in [4.78, 5) is 2.47. The van der Waals surface area contributed by atoms with Crippen molar-refractivity contribution in [1.29, 1.82) is 0 Å². The molecule has 3 rings (SSSR count). The molecule has 1 fully saturated rings. The van der Waals surface area contributed by atoms with Crippen LogP contribution in [-0.4, -0.2) is 39.2 Å². The summed E-state index contributed by atoms with van der Waals surface area (Å²) in [7, 11) is -3.11. The Hall–Kier alpha value is -1.43. The fourth-order valence-corrected chi connectivity index (χ4v) is 4.10. The van der Waals surface area contributed by atoms with E-state index in [0.29, 0.717) is 18.5 Å². The molecule has 5 heteroatoms. The molecule has 2 unspecified atom stereocenters. The molecule has 0 amide bonds. The number of hydrogen-bond acceptors (Lipinski definition) is 3. The van der Waals surface area contributed by atoms with Crippen molar-refractivity contribution in [3.05, 3.63) is 48.0 Å². The molecule has 2 aromatic carbocycles. The topological polar surface area (TPSA) is 49.4 Å². The molecule has 24 heavy (non-hydrogen) atoms. The minimum atomic E-state index is -3.11. The second-order valence-electron chi connectivity index (χ2n) is 6.91. The van der Waals surface area contributed by atoms with Gasteiger partial charge in [-0.2, -0.15) is 0 Å². The van der Waals surface area contributed by atoms with Gasteiger partial charge in [-0.25, -0.2) is 13.1 Å². The van der Waals surface area contributed by atoms with Crippen LogP contribution in [0.3, 0.4) is 0 Å². The second-order valence-corrected chi connectivity index (χ2v) is 8.74. The van der Waals surface area contributed by atoms with E-state index < -0.39 is 10.0 Å². The fraction of sp³-hybridized carbons (Fsp3) is 0.474. The number of rotatable bonds is 5. The number of benzene rings is 2. The molecule has 1 saturated heterocycles. The largest absolute Gasteiger partial charge is 0.296 e. The highest BCUT2D eigenvalue weighted by Crippen LogP contribution is 2.28. The zero-order valence-electron chi connectivity index (χ0n) is 14.4. The first-order valence-corrected chi connectivity index (χ1v) is 10.5. The van der Waals surface area contributed by atoms with E-state index >= 15 is 0 Å². The Labute approximate surface area is 144 Å². The lowest BCUT2D eigenvalue weighted by Crippen LogP contribution is -2.41. The summed E-state index contributed by atoms with van der Waals surface area (Å²) in [6.45, 7) is 4.80. The first kappa shape index (κ1) is 17.4. The van der Waals surface area contributed by atoms with Gasteiger partial charge in [0.05, 0.1) is 6.26 Å². The molecule has 0 saturated carbocycles. The first-order chi connectivity index (χ1) is 11.4. The van der Waals surface area contributed by atoms with Gasteiger partial charge in [-0.05, 0) is 54.6 Å². The van der Waals surface area contributed by atoms with Gasteiger partial charge in [-0.3, -0.25) is 4.90 Å². The zero-order valence-corrected chi connectivity index (χ0v) is 15.2. The van der Waals surface area contributed by atoms with E-state index in [2.05, 4.69) is 59.0 Å². The third-order valence-corrected chi connectivity index (χ3v) is 5.68. The van der Waals surface area contributed by atoms with Crippen LogP contribution in [-0.2, 0) is 10.0 Å². The maximum Gasteiger partial charge on any atom is 0.208 e. The van der Waals surface area contributed by atoms with E-state index in [0.717, 1.165) is 25.9 Å². The molecule has 1 N–H and O–H groups in total. The van der Waals surface area contributed by atoms with Crippen molar-refractivity contribution in [1.82, 2.24) is 9.62 Å². The lowest BCUT2D eigenvalue weighted by molar-refractivity contribution is 0.133. The normalized spacial score (nSPS) is 21.0. The van der Waals surface area contributed by atoms with E-state index in [9.17, 15) is 8.42 Å². The average molecular weight is 346 g/mol. The number of hydrogen-bond donors (Lipinski definition) is 1. The van der Waals surface area contributed by atoms with E-state index in [1.807, 2.05) is 0 Å². The Morgan fingerprint density at radius 2 is 1.96 bits per heavy atom. The molecular weight excluding hydrogens is 320 g/mol. The van der Waals surface area contributed by atoms with E-state index in [1.165, 1.54) is 22.6 Å². The quantitative estimate of drug-likeness (QED) is 0.905. The molecule has 1 heterocycles. The summed E-state index contributed by atoms with van der Waals surface area (Å²) >= 11 is 0. The highest BCUT2D eigenvalue weighted by atomic mass is 32.2. The second kappa shape index (κ2) is 7.21. The summed E-state index contributed by atoms with van der Waals surface area (Å²) in [5.41, 5.74) is 1.32. The van der Waals surface area contributed by atoms with Crippen molar-refractivity contribution in [2.45, 2.75) is 25.8 Å². The minimum Gasteiger partial charge on any atom is -0.296 e. The van der Waals surface area contributed by atoms with Gasteiger partial charge in [0.15, 0.2) is 0 Å². The van der Waals surface area contributed by atoms with Gasteiger partial charge in [0, 0.05) is 19.1 Å². The summed E-state index contributed by atoms with van der Waals surface area (Å²) in [6, 6.07) is 15.5. The molecule has 2 atom stereocenters. The Kier molecular flexibility index (Phi) is 5.23. The van der Waals surface area contributed by atoms with Crippen LogP contribution in [0.1, 0.15) is 31.4 Å². The van der Waals surface area contributed by atoms with Gasteiger partial charge >= 0.3 is 0 Å². The van der Waals surface area contributed by atoms with Crippen LogP contribution >= 0.6 is 0 Å². The van der Waals surface area contributed by atoms with Gasteiger partial charge in [0.1, 0.15) is 0 Å². The fourth-order valence-electron chi connectivity index (χ4n) is 3.56. The van der Waals surface area contributed by atoms with Gasteiger partial charge < -0.3 is 0 Å². The first-order valence-electron chi connectivity index (χ1n) is 8.60. The molecule has 1 aliphatic heterocycles. The maximum atomic E-state index is 11.3. The molecule has 130 valence electrons. The van der Waals surface area contributed by atoms with Crippen LogP contribution in [0.25, 0.3) is 10.8 Å². The number of nitrogens with one attached hydrogen (secondary N) is 1. The van der Waals surface area contributed by atoms with Crippen LogP contribution in [0, 0.1) is 5.92 Å². The van der Waals surface area contributed by atoms with E-state index in [4.69, 9.17) is 0 Å². The summed E-state index contributed by atoms with van der Waals surface area (Å²) in [5, 5.41) is 2.54. The van der Waals surface area contributed by atoms with Crippen LogP contribution in [0.15, 0.2) is 42.5 Å². The summed E-state index contributed by atoms with van der Waals surface area (Å²) in [6.07, 6.45) is 3.43. The van der Waals surface area contributed by atoms with Crippen LogP contribution in [0.4, 0.5) is 0 Å². The Morgan fingerprint density at radius 1 is 1.21 bits per heavy atom. The number of sulfonamides is 1. The smallest absolute Gasteiger partial charge is 0.208 e. The van der Waals surface area contributed by atoms with Crippen molar-refractivity contribution < 1.29 is 8.42 Å². The molecule has 2 aromatic rings. The molecule has 0 spiro atoms. The predicted molar refractivity (Wildman–Crippen MR) is 99.5 cm³/mol. The van der Waals surface area contributed by atoms with Crippen molar-refractivity contribution in [3.8, 4) is 0 Å². The molecule has 0 radical (unpaired) electrons. The lowest BCUT2D eigenvalue weighted by Gasteiger charge is -2.37. The number of fused-ring (bicyclic) bond motifs is 1. The average Bonchev–Trinajstić information content (AvgIpc) is 2.58. The van der Waals surface area contributed by atoms with Crippen molar-refractivity contribution in [2.75, 3.05) is 25.9 Å². The third kappa shape index (κ3) is 4.35. The predicted octanol–water partition coefficient (Wildman–Crippen LogP) is 3.16. The Morgan fingerprint density at radius 3 is 2.71 bits per heavy atom. The third-order valence-electron chi connectivity index (χ3n) is 4.99. The highest BCUT2D eigenvalue weighted by molar-refractivity contribution is 7.88. The van der Waals surface area contributed by atoms with E-state index in [1.54, 1.807) is 0 Å². The lowest BCUT2D eigenvalue weighted by atomic mass is 9.94. The standard InChI is InChI=1S/C19H26N2O2S/c1-15(18-10-9-17-7-3-4-8-19(17)12-18)21-11-5-6-16(14-21)13-20-24(2,22)23/h3-4,7-10,12,15-16,20H,5-6,11,13-14H2,1-2H3. The number of likely N-dealkylation sites (tertiary alicyclic amines) is 1. The van der Waals surface area contributed by atoms with Gasteiger partial charge in [-0.15, -0.1) is 0 Å². The number of piperidine rings is 1. The maximum absolute atomic E-state index is 11.3. The highest BCUT2D eigenvalue weighted by Gasteiger charge is 2.25. The van der Waals surface area contributed by atoms with Crippen LogP contribution < -0.4 is 4.72 Å². The number of nitrogens with zero attached hydrogens (tertiary/aromatic N) is 1. The zero-order chi connectivity index (χ0) is 17.2. The Bertz CT molecular complexity index is 804. The van der Waals surface area contributed by atoms with Gasteiger partial charge in [0.2, 0.25) is 10.0 Å². The van der Waals surface area contributed by atoms with Crippen molar-refractivity contribution >= 4 is 20.8 Å². The molecule has 4 nitrogen and oxygen atoms in total. The molecule has 0 aromatic heterocycles. The van der Waals surface area contributed by atoms with E-state index in [-0.39, 0.29) is 0 Å². The van der Waals surface area contributed by atoms with Gasteiger partial charge in [-0.1, -0.05) is 36.4 Å². The monoisotopic (exact) mass is 346 g/mol. The van der Waals surface area contributed by atoms with Crippen molar-refractivity contribution in [3.63, 3.8) is 0 Å². The van der Waals surface area contributed by atoms with Crippen molar-refractivity contribution in [2.24, 2.45) is 5.92 Å². The molecule has 0 bridgehead atoms. The summed E-state index contributed by atoms with van der Waals surface area (Å²) < 4.78 is 25.3. The Balaban J connectivity index is 1.69. The van der Waals surface area contributed by atoms with Gasteiger partial charge in [0.25, 0.3) is 0 Å². The molecule has 0 aliphatic carbocycles.